The summed E-state index contributed by atoms with van der Waals surface area (Å²) in [5.41, 5.74) is 1.78. The molecule has 9 nitrogen and oxygen atoms in total. The lowest BCUT2D eigenvalue weighted by molar-refractivity contribution is -0.142. The lowest BCUT2D eigenvalue weighted by atomic mass is 10.00. The van der Waals surface area contributed by atoms with E-state index in [-0.39, 0.29) is 39.3 Å². The van der Waals surface area contributed by atoms with E-state index in [1.54, 1.807) is 24.3 Å². The first kappa shape index (κ1) is 26.4. The van der Waals surface area contributed by atoms with Crippen molar-refractivity contribution in [1.82, 2.24) is 10.3 Å². The Kier molecular flexibility index (Phi) is 7.73. The van der Waals surface area contributed by atoms with Crippen LogP contribution in [0.1, 0.15) is 26.4 Å². The number of hydrogen-bond donors (Lipinski definition) is 2. The second kappa shape index (κ2) is 11.1. The number of carboxylic acid groups (broad SMARTS) is 1. The summed E-state index contributed by atoms with van der Waals surface area (Å²) in [5.74, 6) is -3.39. The second-order valence-electron chi connectivity index (χ2n) is 8.23. The van der Waals surface area contributed by atoms with Crippen LogP contribution in [0.5, 0.6) is 0 Å². The highest BCUT2D eigenvalue weighted by atomic mass is 35.5. The Morgan fingerprint density at radius 3 is 2.37 bits per heavy atom. The zero-order valence-corrected chi connectivity index (χ0v) is 20.5. The average Bonchev–Trinajstić information content (AvgIpc) is 2.93. The minimum atomic E-state index is -1.30. The summed E-state index contributed by atoms with van der Waals surface area (Å²) in [6.45, 7) is 0. The fourth-order valence-electron chi connectivity index (χ4n) is 3.87. The van der Waals surface area contributed by atoms with Crippen molar-refractivity contribution in [3.8, 4) is 11.1 Å². The van der Waals surface area contributed by atoms with Gasteiger partial charge in [-0.05, 0) is 64.3 Å². The van der Waals surface area contributed by atoms with Crippen LogP contribution in [0.2, 0.25) is 5.02 Å². The number of nitrogens with one attached hydrogen (secondary N) is 1. The topological polar surface area (TPSA) is 135 Å². The summed E-state index contributed by atoms with van der Waals surface area (Å²) < 4.78 is 18.4. The number of nitroso groups, excluding NO2 is 1. The number of fused-ring (bicyclic) bond motifs is 1. The van der Waals surface area contributed by atoms with Crippen LogP contribution in [0.4, 0.5) is 10.1 Å². The third-order valence-electron chi connectivity index (χ3n) is 5.80. The third kappa shape index (κ3) is 5.65. The maximum Gasteiger partial charge on any atom is 0.336 e. The lowest BCUT2D eigenvalue weighted by Gasteiger charge is -2.17. The van der Waals surface area contributed by atoms with Gasteiger partial charge in [0.15, 0.2) is 0 Å². The summed E-state index contributed by atoms with van der Waals surface area (Å²) in [6.07, 6.45) is 0.0422. The summed E-state index contributed by atoms with van der Waals surface area (Å²) in [6, 6.07) is 15.0. The van der Waals surface area contributed by atoms with Gasteiger partial charge >= 0.3 is 11.9 Å². The zero-order valence-electron chi connectivity index (χ0n) is 19.8. The van der Waals surface area contributed by atoms with E-state index in [0.717, 1.165) is 6.07 Å². The van der Waals surface area contributed by atoms with Gasteiger partial charge in [0.05, 0.1) is 23.2 Å². The Bertz CT molecular complexity index is 1580. The molecule has 1 amide bonds. The van der Waals surface area contributed by atoms with Crippen LogP contribution >= 0.6 is 11.6 Å². The minimum Gasteiger partial charge on any atom is -0.478 e. The van der Waals surface area contributed by atoms with E-state index in [9.17, 15) is 28.8 Å². The van der Waals surface area contributed by atoms with E-state index in [2.05, 4.69) is 15.5 Å². The van der Waals surface area contributed by atoms with Crippen molar-refractivity contribution in [2.24, 2.45) is 5.18 Å². The van der Waals surface area contributed by atoms with Gasteiger partial charge in [0, 0.05) is 11.8 Å². The molecule has 0 radical (unpaired) electrons. The summed E-state index contributed by atoms with van der Waals surface area (Å²) in [4.78, 5) is 52.4. The van der Waals surface area contributed by atoms with Gasteiger partial charge in [-0.3, -0.25) is 4.79 Å². The van der Waals surface area contributed by atoms with Gasteiger partial charge in [0.1, 0.15) is 23.2 Å². The normalized spacial score (nSPS) is 11.6. The quantitative estimate of drug-likeness (QED) is 0.231. The number of aromatic carboxylic acids is 1. The molecule has 1 aromatic heterocycles. The molecule has 0 fully saturated rings. The van der Waals surface area contributed by atoms with Crippen molar-refractivity contribution in [3.05, 3.63) is 99.3 Å². The molecule has 3 aromatic carbocycles. The molecule has 0 saturated carbocycles. The van der Waals surface area contributed by atoms with Crippen LogP contribution < -0.4 is 5.32 Å². The predicted octanol–water partition coefficient (Wildman–Crippen LogP) is 5.30. The number of halogens is 2. The molecule has 0 unspecified atom stereocenters. The summed E-state index contributed by atoms with van der Waals surface area (Å²) in [5, 5.41) is 15.4. The monoisotopic (exact) mass is 535 g/mol. The molecule has 2 N–H and O–H groups in total. The van der Waals surface area contributed by atoms with E-state index >= 15 is 0 Å². The number of esters is 1. The fraction of sp³-hybridized carbons (Fsp3) is 0.111. The molecule has 0 saturated heterocycles. The van der Waals surface area contributed by atoms with Crippen molar-refractivity contribution in [3.63, 3.8) is 0 Å². The van der Waals surface area contributed by atoms with Crippen molar-refractivity contribution in [2.45, 2.75) is 12.5 Å². The summed E-state index contributed by atoms with van der Waals surface area (Å²) >= 11 is 5.88. The Morgan fingerprint density at radius 1 is 1.05 bits per heavy atom. The number of rotatable bonds is 8. The fourth-order valence-corrected chi connectivity index (χ4v) is 4.05. The Labute approximate surface area is 220 Å². The number of amides is 1. The van der Waals surface area contributed by atoms with Crippen molar-refractivity contribution >= 4 is 46.0 Å². The molecule has 4 aromatic rings. The van der Waals surface area contributed by atoms with Crippen LogP contribution in [0.25, 0.3) is 22.0 Å². The number of nitrogens with zero attached hydrogens (tertiary/aromatic N) is 2. The van der Waals surface area contributed by atoms with Crippen LogP contribution in [-0.2, 0) is 16.0 Å². The Balaban J connectivity index is 1.66. The number of benzene rings is 3. The van der Waals surface area contributed by atoms with E-state index in [0.29, 0.717) is 16.7 Å². The van der Waals surface area contributed by atoms with Gasteiger partial charge in [-0.15, -0.1) is 4.91 Å². The first-order valence-electron chi connectivity index (χ1n) is 11.1. The van der Waals surface area contributed by atoms with Gasteiger partial charge in [-0.1, -0.05) is 35.9 Å². The number of carboxylic acids is 1. The van der Waals surface area contributed by atoms with Crippen LogP contribution in [0, 0.1) is 10.7 Å². The number of ether oxygens (including phenoxy) is 1. The molecule has 38 heavy (non-hydrogen) atoms. The van der Waals surface area contributed by atoms with Gasteiger partial charge < -0.3 is 15.2 Å². The molecule has 192 valence electrons. The van der Waals surface area contributed by atoms with Gasteiger partial charge in [-0.2, -0.15) is 0 Å². The van der Waals surface area contributed by atoms with Gasteiger partial charge in [0.25, 0.3) is 5.91 Å². The highest BCUT2D eigenvalue weighted by Gasteiger charge is 2.25. The van der Waals surface area contributed by atoms with Crippen LogP contribution in [-0.4, -0.2) is 41.1 Å². The first-order valence-corrected chi connectivity index (χ1v) is 11.5. The molecule has 0 aliphatic carbocycles. The molecule has 1 heterocycles. The van der Waals surface area contributed by atoms with E-state index in [1.807, 2.05) is 0 Å². The van der Waals surface area contributed by atoms with Crippen molar-refractivity contribution < 1.29 is 28.6 Å². The molecule has 0 bridgehead atoms. The first-order chi connectivity index (χ1) is 18.2. The molecular weight excluding hydrogens is 517 g/mol. The standard InChI is InChI=1S/C27H19ClFN3O6/c1-38-27(36)24(10-14-2-6-17(32-37)7-3-14)31-25(33)23-13-19(26(34)35)18-11-15(5-9-22(18)30-23)16-4-8-21(29)20(28)12-16/h2-9,11-13,24H,10H2,1H3,(H,31,33)(H,34,35)/t24-/m0/s1. The molecule has 4 rings (SSSR count). The highest BCUT2D eigenvalue weighted by molar-refractivity contribution is 6.31. The number of carbonyl (C=O) groups is 3. The van der Waals surface area contributed by atoms with Crippen LogP contribution in [0.3, 0.4) is 0 Å². The molecule has 0 aliphatic rings. The Morgan fingerprint density at radius 2 is 1.74 bits per heavy atom. The number of methoxy groups -OCH3 is 1. The van der Waals surface area contributed by atoms with Crippen molar-refractivity contribution in [2.75, 3.05) is 7.11 Å². The minimum absolute atomic E-state index is 0.0422. The molecule has 11 heteroatoms. The van der Waals surface area contributed by atoms with E-state index in [4.69, 9.17) is 16.3 Å². The maximum absolute atomic E-state index is 13.6. The average molecular weight is 536 g/mol. The van der Waals surface area contributed by atoms with Gasteiger partial charge in [0.2, 0.25) is 0 Å². The number of pyridine rings is 1. The predicted molar refractivity (Wildman–Crippen MR) is 138 cm³/mol. The number of carbonyl (C=O) groups excluding carboxylic acids is 2. The second-order valence-corrected chi connectivity index (χ2v) is 8.64. The maximum atomic E-state index is 13.6. The lowest BCUT2D eigenvalue weighted by Crippen LogP contribution is -2.43. The zero-order chi connectivity index (χ0) is 27.4. The van der Waals surface area contributed by atoms with Gasteiger partial charge in [-0.25, -0.2) is 19.0 Å². The highest BCUT2D eigenvalue weighted by Crippen LogP contribution is 2.29. The Hall–Kier alpha value is -4.70. The molecular formula is C27H19ClFN3O6. The molecule has 0 aliphatic heterocycles. The van der Waals surface area contributed by atoms with E-state index in [1.165, 1.54) is 43.5 Å². The smallest absolute Gasteiger partial charge is 0.336 e. The van der Waals surface area contributed by atoms with E-state index < -0.39 is 29.7 Å². The molecule has 1 atom stereocenters. The molecule has 0 spiro atoms. The largest absolute Gasteiger partial charge is 0.478 e. The summed E-state index contributed by atoms with van der Waals surface area (Å²) in [7, 11) is 1.17. The SMILES string of the molecule is COC(=O)[C@H](Cc1ccc(N=O)cc1)NC(=O)c1cc(C(=O)O)c2cc(-c3ccc(F)c(Cl)c3)ccc2n1. The third-order valence-corrected chi connectivity index (χ3v) is 6.09. The number of hydrogen-bond acceptors (Lipinski definition) is 7. The van der Waals surface area contributed by atoms with Crippen molar-refractivity contribution in [1.29, 1.82) is 0 Å². The van der Waals surface area contributed by atoms with Crippen LogP contribution in [0.15, 0.2) is 71.9 Å². The number of aromatic nitrogens is 1.